The first-order valence-electron chi connectivity index (χ1n) is 10.1. The zero-order chi connectivity index (χ0) is 21.5. The number of hydrogen-bond donors (Lipinski definition) is 1. The Balaban J connectivity index is 1.64. The molecular formula is C24H23N3O3S. The lowest BCUT2D eigenvalue weighted by Gasteiger charge is -2.35. The zero-order valence-electron chi connectivity index (χ0n) is 17.6. The second kappa shape index (κ2) is 7.83. The molecule has 0 unspecified atom stereocenters. The highest BCUT2D eigenvalue weighted by molar-refractivity contribution is 7.17. The summed E-state index contributed by atoms with van der Waals surface area (Å²) in [4.78, 5) is 12.2. The number of anilines is 1. The van der Waals surface area contributed by atoms with Crippen molar-refractivity contribution in [3.63, 3.8) is 0 Å². The molecule has 7 heteroatoms. The van der Waals surface area contributed by atoms with E-state index in [-0.39, 0.29) is 0 Å². The van der Waals surface area contributed by atoms with Crippen LogP contribution in [0.15, 0.2) is 48.1 Å². The maximum Gasteiger partial charge on any atom is 0.141 e. The summed E-state index contributed by atoms with van der Waals surface area (Å²) in [6, 6.07) is 12.2. The number of aliphatic hydroxyl groups is 1. The molecule has 0 fully saturated rings. The van der Waals surface area contributed by atoms with Crippen LogP contribution in [0.2, 0.25) is 0 Å². The molecule has 0 spiro atoms. The van der Waals surface area contributed by atoms with Gasteiger partial charge in [-0.2, -0.15) is 0 Å². The number of rotatable bonds is 4. The molecule has 1 aliphatic rings. The van der Waals surface area contributed by atoms with Crippen molar-refractivity contribution in [2.45, 2.75) is 19.6 Å². The van der Waals surface area contributed by atoms with Gasteiger partial charge < -0.3 is 19.5 Å². The number of aliphatic hydroxyl groups excluding tert-OH is 1. The Morgan fingerprint density at radius 2 is 1.77 bits per heavy atom. The third-order valence-corrected chi connectivity index (χ3v) is 6.69. The molecule has 3 heterocycles. The van der Waals surface area contributed by atoms with Gasteiger partial charge in [0.1, 0.15) is 34.6 Å². The van der Waals surface area contributed by atoms with Crippen LogP contribution in [0.3, 0.4) is 0 Å². The number of hydrogen-bond acceptors (Lipinski definition) is 7. The minimum Gasteiger partial charge on any atom is -0.496 e. The highest BCUT2D eigenvalue weighted by Crippen LogP contribution is 2.43. The summed E-state index contributed by atoms with van der Waals surface area (Å²) >= 11 is 1.61. The van der Waals surface area contributed by atoms with Crippen LogP contribution >= 0.6 is 11.3 Å². The van der Waals surface area contributed by atoms with Gasteiger partial charge in [-0.1, -0.05) is 29.8 Å². The first-order chi connectivity index (χ1) is 15.1. The monoisotopic (exact) mass is 433 g/mol. The largest absolute Gasteiger partial charge is 0.496 e. The normalized spacial score (nSPS) is 15.7. The van der Waals surface area contributed by atoms with Crippen LogP contribution < -0.4 is 14.4 Å². The Labute approximate surface area is 184 Å². The molecule has 6 nitrogen and oxygen atoms in total. The van der Waals surface area contributed by atoms with E-state index in [1.165, 1.54) is 5.56 Å². The van der Waals surface area contributed by atoms with Crippen molar-refractivity contribution < 1.29 is 14.6 Å². The number of aromatic nitrogens is 2. The number of nitrogens with zero attached hydrogens (tertiary/aromatic N) is 3. The van der Waals surface area contributed by atoms with Gasteiger partial charge in [-0.15, -0.1) is 11.3 Å². The second-order valence-corrected chi connectivity index (χ2v) is 8.51. The Morgan fingerprint density at radius 1 is 1.03 bits per heavy atom. The smallest absolute Gasteiger partial charge is 0.141 e. The Bertz CT molecular complexity index is 1250. The predicted octanol–water partition coefficient (Wildman–Crippen LogP) is 4.74. The topological polar surface area (TPSA) is 67.7 Å². The van der Waals surface area contributed by atoms with Crippen molar-refractivity contribution >= 4 is 27.4 Å². The van der Waals surface area contributed by atoms with E-state index in [1.807, 2.05) is 12.1 Å². The van der Waals surface area contributed by atoms with E-state index in [2.05, 4.69) is 51.4 Å². The molecule has 0 saturated carbocycles. The van der Waals surface area contributed by atoms with E-state index in [9.17, 15) is 5.11 Å². The average molecular weight is 434 g/mol. The number of benzene rings is 2. The molecule has 0 amide bonds. The van der Waals surface area contributed by atoms with Crippen LogP contribution in [0.1, 0.15) is 22.8 Å². The van der Waals surface area contributed by atoms with E-state index in [4.69, 9.17) is 9.47 Å². The number of methoxy groups -OCH3 is 2. The van der Waals surface area contributed by atoms with Gasteiger partial charge in [0, 0.05) is 28.6 Å². The quantitative estimate of drug-likeness (QED) is 0.502. The Hall–Kier alpha value is -3.16. The highest BCUT2D eigenvalue weighted by atomic mass is 32.1. The molecule has 0 radical (unpaired) electrons. The van der Waals surface area contributed by atoms with Gasteiger partial charge in [0.05, 0.1) is 26.2 Å². The average Bonchev–Trinajstić information content (AvgIpc) is 3.23. The van der Waals surface area contributed by atoms with E-state index >= 15 is 0 Å². The molecule has 2 aromatic carbocycles. The Morgan fingerprint density at radius 3 is 2.52 bits per heavy atom. The Kier molecular flexibility index (Phi) is 5.00. The van der Waals surface area contributed by atoms with Crippen molar-refractivity contribution in [1.29, 1.82) is 0 Å². The molecule has 4 aromatic rings. The maximum absolute atomic E-state index is 11.0. The number of β-amino-alcohol motifs (C(OH)–C–C–N with tert-alkyl or cyclic N) is 1. The number of ether oxygens (including phenoxy) is 2. The van der Waals surface area contributed by atoms with Gasteiger partial charge in [-0.05, 0) is 24.6 Å². The zero-order valence-corrected chi connectivity index (χ0v) is 18.4. The number of fused-ring (bicyclic) bond motifs is 2. The molecule has 2 aromatic heterocycles. The first kappa shape index (κ1) is 19.8. The summed E-state index contributed by atoms with van der Waals surface area (Å²) in [7, 11) is 3.26. The molecular weight excluding hydrogens is 410 g/mol. The lowest BCUT2D eigenvalue weighted by Crippen LogP contribution is -2.35. The molecule has 0 saturated heterocycles. The van der Waals surface area contributed by atoms with Gasteiger partial charge in [-0.25, -0.2) is 9.97 Å². The SMILES string of the molecule is COc1ccc(OC)c2c1CN(c1ncnc3scc(-c4ccc(C)cc4)c13)C[C@H]2O. The molecule has 1 atom stereocenters. The third-order valence-electron chi connectivity index (χ3n) is 5.80. The van der Waals surface area contributed by atoms with Gasteiger partial charge in [0.25, 0.3) is 0 Å². The number of aryl methyl sites for hydroxylation is 1. The summed E-state index contributed by atoms with van der Waals surface area (Å²) in [6.45, 7) is 3.05. The van der Waals surface area contributed by atoms with Gasteiger partial charge in [0.2, 0.25) is 0 Å². The van der Waals surface area contributed by atoms with Crippen molar-refractivity contribution in [2.24, 2.45) is 0 Å². The van der Waals surface area contributed by atoms with E-state index in [1.54, 1.807) is 31.9 Å². The van der Waals surface area contributed by atoms with Gasteiger partial charge in [-0.3, -0.25) is 0 Å². The summed E-state index contributed by atoms with van der Waals surface area (Å²) in [5.74, 6) is 2.22. The minimum atomic E-state index is -0.722. The van der Waals surface area contributed by atoms with Crippen LogP contribution in [-0.2, 0) is 6.54 Å². The lowest BCUT2D eigenvalue weighted by atomic mass is 9.94. The van der Waals surface area contributed by atoms with Gasteiger partial charge in [0.15, 0.2) is 0 Å². The third kappa shape index (κ3) is 3.30. The number of thiophene rings is 1. The fourth-order valence-corrected chi connectivity index (χ4v) is 5.19. The highest BCUT2D eigenvalue weighted by Gasteiger charge is 2.31. The summed E-state index contributed by atoms with van der Waals surface area (Å²) in [5.41, 5.74) is 5.15. The van der Waals surface area contributed by atoms with E-state index in [0.717, 1.165) is 44.0 Å². The molecule has 0 bridgehead atoms. The first-order valence-corrected chi connectivity index (χ1v) is 10.9. The van der Waals surface area contributed by atoms with Crippen molar-refractivity contribution in [2.75, 3.05) is 25.7 Å². The maximum atomic E-state index is 11.0. The van der Waals surface area contributed by atoms with Crippen LogP contribution in [0.4, 0.5) is 5.82 Å². The van der Waals surface area contributed by atoms with Crippen LogP contribution in [-0.4, -0.2) is 35.8 Å². The fraction of sp³-hybridized carbons (Fsp3) is 0.250. The standard InChI is InChI=1S/C24H23N3O3S/c1-14-4-6-15(7-5-14)17-12-31-24-22(17)23(25-13-26-24)27-10-16-19(29-2)8-9-20(30-3)21(16)18(28)11-27/h4-9,12-13,18,28H,10-11H2,1-3H3/t18-/m1/s1. The van der Waals surface area contributed by atoms with Crippen molar-refractivity contribution in [1.82, 2.24) is 9.97 Å². The van der Waals surface area contributed by atoms with E-state index < -0.39 is 6.10 Å². The molecule has 31 heavy (non-hydrogen) atoms. The van der Waals surface area contributed by atoms with Crippen molar-refractivity contribution in [3.05, 3.63) is 64.8 Å². The minimum absolute atomic E-state index is 0.409. The summed E-state index contributed by atoms with van der Waals surface area (Å²) < 4.78 is 11.1. The van der Waals surface area contributed by atoms with Crippen molar-refractivity contribution in [3.8, 4) is 22.6 Å². The van der Waals surface area contributed by atoms with Crippen LogP contribution in [0, 0.1) is 6.92 Å². The summed E-state index contributed by atoms with van der Waals surface area (Å²) in [6.07, 6.45) is 0.873. The molecule has 5 rings (SSSR count). The second-order valence-electron chi connectivity index (χ2n) is 7.65. The molecule has 1 N–H and O–H groups in total. The molecule has 1 aliphatic heterocycles. The van der Waals surface area contributed by atoms with Crippen LogP contribution in [0.25, 0.3) is 21.3 Å². The van der Waals surface area contributed by atoms with E-state index in [0.29, 0.717) is 18.8 Å². The molecule has 0 aliphatic carbocycles. The summed E-state index contributed by atoms with van der Waals surface area (Å²) in [5, 5.41) is 14.2. The van der Waals surface area contributed by atoms with Crippen LogP contribution in [0.5, 0.6) is 11.5 Å². The van der Waals surface area contributed by atoms with Gasteiger partial charge >= 0.3 is 0 Å². The molecule has 158 valence electrons. The fourth-order valence-electron chi connectivity index (χ4n) is 4.28. The predicted molar refractivity (Wildman–Crippen MR) is 123 cm³/mol. The lowest BCUT2D eigenvalue weighted by molar-refractivity contribution is 0.169.